The van der Waals surface area contributed by atoms with Gasteiger partial charge in [0.25, 0.3) is 0 Å². The van der Waals surface area contributed by atoms with Gasteiger partial charge in [0.1, 0.15) is 0 Å². The third-order valence-corrected chi connectivity index (χ3v) is 5.18. The standard InChI is InChI=1S/C16H20ClN5O/c1-16(9-23-10-16)22-4-2-21(3-5-22)14-7-13-11(6-12(14)17)8-19-15(18)20-13/h6-8H,2-5,9-10H2,1H3,(H2,18,19,20). The van der Waals surface area contributed by atoms with E-state index in [9.17, 15) is 0 Å². The fourth-order valence-electron chi connectivity index (χ4n) is 3.36. The Labute approximate surface area is 140 Å². The number of fused-ring (bicyclic) bond motifs is 1. The van der Waals surface area contributed by atoms with Crippen molar-refractivity contribution in [2.45, 2.75) is 12.5 Å². The lowest BCUT2D eigenvalue weighted by atomic mass is 9.97. The zero-order valence-corrected chi connectivity index (χ0v) is 13.9. The van der Waals surface area contributed by atoms with Gasteiger partial charge in [-0.3, -0.25) is 4.90 Å². The minimum Gasteiger partial charge on any atom is -0.377 e. The van der Waals surface area contributed by atoms with Gasteiger partial charge in [-0.1, -0.05) is 11.6 Å². The van der Waals surface area contributed by atoms with Crippen LogP contribution in [0.4, 0.5) is 11.6 Å². The molecule has 122 valence electrons. The number of nitrogens with two attached hydrogens (primary N) is 1. The molecule has 6 nitrogen and oxygen atoms in total. The lowest BCUT2D eigenvalue weighted by Gasteiger charge is -2.50. The Morgan fingerprint density at radius 2 is 1.96 bits per heavy atom. The molecule has 0 unspecified atom stereocenters. The normalized spacial score (nSPS) is 21.4. The molecule has 0 bridgehead atoms. The summed E-state index contributed by atoms with van der Waals surface area (Å²) in [6, 6.07) is 3.93. The molecule has 2 aromatic rings. The first kappa shape index (κ1) is 14.9. The van der Waals surface area contributed by atoms with Crippen molar-refractivity contribution < 1.29 is 4.74 Å². The number of ether oxygens (including phenoxy) is 1. The van der Waals surface area contributed by atoms with E-state index in [2.05, 4.69) is 26.7 Å². The van der Waals surface area contributed by atoms with E-state index in [1.807, 2.05) is 12.1 Å². The molecule has 2 saturated heterocycles. The van der Waals surface area contributed by atoms with E-state index in [1.165, 1.54) is 0 Å². The average Bonchev–Trinajstić information content (AvgIpc) is 2.52. The highest BCUT2D eigenvalue weighted by Gasteiger charge is 2.40. The highest BCUT2D eigenvalue weighted by atomic mass is 35.5. The molecule has 0 radical (unpaired) electrons. The summed E-state index contributed by atoms with van der Waals surface area (Å²) in [5, 5.41) is 1.64. The zero-order valence-electron chi connectivity index (χ0n) is 13.1. The van der Waals surface area contributed by atoms with E-state index in [4.69, 9.17) is 22.1 Å². The third kappa shape index (κ3) is 2.60. The predicted molar refractivity (Wildman–Crippen MR) is 92.0 cm³/mol. The van der Waals surface area contributed by atoms with Gasteiger partial charge < -0.3 is 15.4 Å². The monoisotopic (exact) mass is 333 g/mol. The molecule has 0 spiro atoms. The Morgan fingerprint density at radius 3 is 2.61 bits per heavy atom. The van der Waals surface area contributed by atoms with Gasteiger partial charge in [0.2, 0.25) is 5.95 Å². The van der Waals surface area contributed by atoms with Crippen molar-refractivity contribution in [3.05, 3.63) is 23.4 Å². The molecule has 0 amide bonds. The third-order valence-electron chi connectivity index (χ3n) is 4.88. The molecule has 1 aromatic carbocycles. The summed E-state index contributed by atoms with van der Waals surface area (Å²) in [7, 11) is 0. The number of nitrogen functional groups attached to an aromatic ring is 1. The number of halogens is 1. The number of anilines is 2. The quantitative estimate of drug-likeness (QED) is 0.903. The molecule has 2 N–H and O–H groups in total. The first-order valence-corrected chi connectivity index (χ1v) is 8.22. The number of rotatable bonds is 2. The summed E-state index contributed by atoms with van der Waals surface area (Å²) < 4.78 is 5.38. The molecule has 0 saturated carbocycles. The van der Waals surface area contributed by atoms with Crippen LogP contribution in [0.2, 0.25) is 5.02 Å². The van der Waals surface area contributed by atoms with Crippen molar-refractivity contribution in [3.8, 4) is 0 Å². The molecule has 0 aliphatic carbocycles. The SMILES string of the molecule is CC1(N2CCN(c3cc4nc(N)ncc4cc3Cl)CC2)COC1. The van der Waals surface area contributed by atoms with Crippen molar-refractivity contribution in [1.82, 2.24) is 14.9 Å². The maximum absolute atomic E-state index is 6.48. The van der Waals surface area contributed by atoms with Crippen LogP contribution in [-0.4, -0.2) is 59.8 Å². The predicted octanol–water partition coefficient (Wildman–Crippen LogP) is 1.78. The fourth-order valence-corrected chi connectivity index (χ4v) is 3.66. The van der Waals surface area contributed by atoms with Gasteiger partial charge in [-0.15, -0.1) is 0 Å². The van der Waals surface area contributed by atoms with Gasteiger partial charge in [-0.05, 0) is 19.1 Å². The smallest absolute Gasteiger partial charge is 0.220 e. The first-order chi connectivity index (χ1) is 11.0. The average molecular weight is 334 g/mol. The van der Waals surface area contributed by atoms with Crippen LogP contribution < -0.4 is 10.6 Å². The van der Waals surface area contributed by atoms with Crippen LogP contribution in [0.1, 0.15) is 6.92 Å². The molecule has 0 atom stereocenters. The molecular formula is C16H20ClN5O. The number of hydrogen-bond acceptors (Lipinski definition) is 6. The largest absolute Gasteiger partial charge is 0.377 e. The second kappa shape index (κ2) is 5.47. The summed E-state index contributed by atoms with van der Waals surface area (Å²) in [4.78, 5) is 13.2. The molecule has 2 fully saturated rings. The van der Waals surface area contributed by atoms with Crippen molar-refractivity contribution in [2.24, 2.45) is 0 Å². The summed E-state index contributed by atoms with van der Waals surface area (Å²) in [5.74, 6) is 0.286. The van der Waals surface area contributed by atoms with Crippen LogP contribution in [0.5, 0.6) is 0 Å². The molecule has 2 aliphatic heterocycles. The lowest BCUT2D eigenvalue weighted by Crippen LogP contribution is -2.64. The van der Waals surface area contributed by atoms with Gasteiger partial charge in [-0.25, -0.2) is 9.97 Å². The summed E-state index contributed by atoms with van der Waals surface area (Å²) in [6.07, 6.45) is 1.71. The van der Waals surface area contributed by atoms with Crippen molar-refractivity contribution in [2.75, 3.05) is 50.0 Å². The van der Waals surface area contributed by atoms with E-state index < -0.39 is 0 Å². The molecule has 7 heteroatoms. The molecule has 4 rings (SSSR count). The Kier molecular flexibility index (Phi) is 3.55. The van der Waals surface area contributed by atoms with Gasteiger partial charge in [0, 0.05) is 37.8 Å². The molecule has 3 heterocycles. The molecule has 1 aromatic heterocycles. The van der Waals surface area contributed by atoms with Crippen LogP contribution in [0, 0.1) is 0 Å². The Balaban J connectivity index is 1.56. The fraction of sp³-hybridized carbons (Fsp3) is 0.500. The van der Waals surface area contributed by atoms with Crippen LogP contribution in [-0.2, 0) is 4.74 Å². The minimum absolute atomic E-state index is 0.209. The van der Waals surface area contributed by atoms with Gasteiger partial charge in [0.05, 0.1) is 35.0 Å². The van der Waals surface area contributed by atoms with Crippen LogP contribution >= 0.6 is 11.6 Å². The number of hydrogen-bond donors (Lipinski definition) is 1. The maximum Gasteiger partial charge on any atom is 0.220 e. The van der Waals surface area contributed by atoms with Gasteiger partial charge >= 0.3 is 0 Å². The molecule has 23 heavy (non-hydrogen) atoms. The first-order valence-electron chi connectivity index (χ1n) is 7.85. The summed E-state index contributed by atoms with van der Waals surface area (Å²) >= 11 is 6.48. The minimum atomic E-state index is 0.209. The topological polar surface area (TPSA) is 67.5 Å². The van der Waals surface area contributed by atoms with E-state index in [-0.39, 0.29) is 11.5 Å². The van der Waals surface area contributed by atoms with Crippen molar-refractivity contribution >= 4 is 34.1 Å². The Bertz CT molecular complexity index is 741. The van der Waals surface area contributed by atoms with Crippen LogP contribution in [0.25, 0.3) is 10.9 Å². The van der Waals surface area contributed by atoms with Crippen molar-refractivity contribution in [3.63, 3.8) is 0 Å². The molecular weight excluding hydrogens is 314 g/mol. The zero-order chi connectivity index (χ0) is 16.0. The highest BCUT2D eigenvalue weighted by molar-refractivity contribution is 6.34. The summed E-state index contributed by atoms with van der Waals surface area (Å²) in [6.45, 7) is 7.86. The summed E-state index contributed by atoms with van der Waals surface area (Å²) in [5.41, 5.74) is 7.75. The van der Waals surface area contributed by atoms with Crippen molar-refractivity contribution in [1.29, 1.82) is 0 Å². The van der Waals surface area contributed by atoms with Gasteiger partial charge in [-0.2, -0.15) is 0 Å². The van der Waals surface area contributed by atoms with Crippen LogP contribution in [0.3, 0.4) is 0 Å². The number of benzene rings is 1. The number of nitrogens with zero attached hydrogens (tertiary/aromatic N) is 4. The maximum atomic E-state index is 6.48. The Hall–Kier alpha value is -1.63. The Morgan fingerprint density at radius 1 is 1.22 bits per heavy atom. The van der Waals surface area contributed by atoms with E-state index in [0.29, 0.717) is 0 Å². The lowest BCUT2D eigenvalue weighted by molar-refractivity contribution is -0.131. The molecule has 2 aliphatic rings. The second-order valence-electron chi connectivity index (χ2n) is 6.55. The number of aromatic nitrogens is 2. The number of piperazine rings is 1. The van der Waals surface area contributed by atoms with Gasteiger partial charge in [0.15, 0.2) is 0 Å². The van der Waals surface area contributed by atoms with E-state index in [0.717, 1.165) is 61.0 Å². The second-order valence-corrected chi connectivity index (χ2v) is 6.96. The highest BCUT2D eigenvalue weighted by Crippen LogP contribution is 2.32. The van der Waals surface area contributed by atoms with E-state index in [1.54, 1.807) is 6.20 Å². The van der Waals surface area contributed by atoms with E-state index >= 15 is 0 Å². The van der Waals surface area contributed by atoms with Crippen LogP contribution in [0.15, 0.2) is 18.3 Å².